The Morgan fingerprint density at radius 2 is 2.19 bits per heavy atom. The van der Waals surface area contributed by atoms with Gasteiger partial charge in [-0.1, -0.05) is 24.3 Å². The number of hydrogen-bond donors (Lipinski definition) is 2. The summed E-state index contributed by atoms with van der Waals surface area (Å²) in [6, 6.07) is 5.92. The van der Waals surface area contributed by atoms with Crippen LogP contribution in [0.25, 0.3) is 6.08 Å². The fourth-order valence-corrected chi connectivity index (χ4v) is 1.97. The molecule has 1 aliphatic heterocycles. The maximum absolute atomic E-state index is 13.0. The Bertz CT molecular complexity index is 625. The lowest BCUT2D eigenvalue weighted by molar-refractivity contribution is -0.149. The molecule has 0 aliphatic carbocycles. The average molecular weight is 290 g/mol. The molecule has 1 heterocycles. The quantitative estimate of drug-likeness (QED) is 0.645. The molecule has 1 aromatic carbocycles. The molecule has 21 heavy (non-hydrogen) atoms. The van der Waals surface area contributed by atoms with E-state index in [2.05, 4.69) is 5.32 Å². The monoisotopic (exact) mass is 290 g/mol. The third-order valence-corrected chi connectivity index (χ3v) is 3.03. The number of carbonyl (C=O) groups excluding carboxylic acids is 2. The standard InChI is InChI=1S/C15H15FN2O3/c1-2-18-14(20)12(13(19)17-15(18)21)8-4-6-10-5-3-7-11(16)9-10/h3-9,15,21H,2H2,1H3,(H,17,19)/b6-4+,12-8+. The Labute approximate surface area is 121 Å². The molecular weight excluding hydrogens is 275 g/mol. The molecule has 0 aromatic heterocycles. The van der Waals surface area contributed by atoms with Crippen molar-refractivity contribution >= 4 is 17.9 Å². The number of benzene rings is 1. The van der Waals surface area contributed by atoms with E-state index in [0.717, 1.165) is 4.90 Å². The first-order valence-corrected chi connectivity index (χ1v) is 6.46. The van der Waals surface area contributed by atoms with Gasteiger partial charge in [0.25, 0.3) is 11.8 Å². The minimum atomic E-state index is -1.31. The summed E-state index contributed by atoms with van der Waals surface area (Å²) in [5.74, 6) is -1.55. The number of aliphatic hydroxyl groups excluding tert-OH is 1. The smallest absolute Gasteiger partial charge is 0.262 e. The van der Waals surface area contributed by atoms with Gasteiger partial charge in [-0.05, 0) is 30.7 Å². The van der Waals surface area contributed by atoms with E-state index in [-0.39, 0.29) is 17.9 Å². The molecule has 1 aromatic rings. The summed E-state index contributed by atoms with van der Waals surface area (Å²) in [5, 5.41) is 11.8. The van der Waals surface area contributed by atoms with Crippen LogP contribution in [0, 0.1) is 5.82 Å². The van der Waals surface area contributed by atoms with Gasteiger partial charge in [-0.2, -0.15) is 0 Å². The van der Waals surface area contributed by atoms with Gasteiger partial charge in [0.2, 0.25) is 6.35 Å². The predicted octanol–water partition coefficient (Wildman–Crippen LogP) is 1.02. The number of halogens is 1. The number of allylic oxidation sites excluding steroid dienone is 2. The molecule has 1 atom stereocenters. The number of aliphatic hydroxyl groups is 1. The lowest BCUT2D eigenvalue weighted by atomic mass is 10.1. The highest BCUT2D eigenvalue weighted by atomic mass is 19.1. The van der Waals surface area contributed by atoms with Gasteiger partial charge < -0.3 is 10.4 Å². The molecule has 0 spiro atoms. The minimum Gasteiger partial charge on any atom is -0.356 e. The zero-order valence-electron chi connectivity index (χ0n) is 11.4. The van der Waals surface area contributed by atoms with Crippen LogP contribution in [0.5, 0.6) is 0 Å². The maximum Gasteiger partial charge on any atom is 0.262 e. The van der Waals surface area contributed by atoms with Crippen molar-refractivity contribution in [3.05, 3.63) is 53.4 Å². The SMILES string of the molecule is CCN1C(=O)/C(=C/C=C/c2cccc(F)c2)C(=O)NC1O. The molecule has 2 amide bonds. The van der Waals surface area contributed by atoms with E-state index in [1.54, 1.807) is 25.1 Å². The second-order valence-electron chi connectivity index (χ2n) is 4.43. The van der Waals surface area contributed by atoms with Gasteiger partial charge in [0.1, 0.15) is 11.4 Å². The van der Waals surface area contributed by atoms with Crippen LogP contribution in [-0.2, 0) is 9.59 Å². The normalized spacial score (nSPS) is 21.2. The third-order valence-electron chi connectivity index (χ3n) is 3.03. The van der Waals surface area contributed by atoms with E-state index in [1.165, 1.54) is 24.3 Å². The number of nitrogens with one attached hydrogen (secondary N) is 1. The summed E-state index contributed by atoms with van der Waals surface area (Å²) < 4.78 is 13.0. The Morgan fingerprint density at radius 3 is 2.86 bits per heavy atom. The van der Waals surface area contributed by atoms with E-state index < -0.39 is 18.2 Å². The van der Waals surface area contributed by atoms with Crippen molar-refractivity contribution in [2.45, 2.75) is 13.3 Å². The van der Waals surface area contributed by atoms with Gasteiger partial charge in [-0.3, -0.25) is 14.5 Å². The topological polar surface area (TPSA) is 69.6 Å². The van der Waals surface area contributed by atoms with Gasteiger partial charge in [0, 0.05) is 6.54 Å². The molecule has 0 radical (unpaired) electrons. The van der Waals surface area contributed by atoms with Crippen molar-refractivity contribution in [2.75, 3.05) is 6.54 Å². The Hall–Kier alpha value is -2.47. The zero-order chi connectivity index (χ0) is 15.4. The molecule has 2 N–H and O–H groups in total. The highest BCUT2D eigenvalue weighted by Crippen LogP contribution is 2.12. The summed E-state index contributed by atoms with van der Waals surface area (Å²) in [4.78, 5) is 24.8. The van der Waals surface area contributed by atoms with E-state index in [0.29, 0.717) is 5.56 Å². The van der Waals surface area contributed by atoms with Crippen molar-refractivity contribution in [3.63, 3.8) is 0 Å². The fraction of sp³-hybridized carbons (Fsp3) is 0.200. The lowest BCUT2D eigenvalue weighted by Gasteiger charge is -2.32. The van der Waals surface area contributed by atoms with Crippen molar-refractivity contribution in [2.24, 2.45) is 0 Å². The van der Waals surface area contributed by atoms with Crippen LogP contribution >= 0.6 is 0 Å². The van der Waals surface area contributed by atoms with Crippen LogP contribution in [0.4, 0.5) is 4.39 Å². The maximum atomic E-state index is 13.0. The molecule has 2 rings (SSSR count). The number of hydrogen-bond acceptors (Lipinski definition) is 3. The van der Waals surface area contributed by atoms with Crippen LogP contribution in [0.15, 0.2) is 42.0 Å². The number of likely N-dealkylation sites (N-methyl/N-ethyl adjacent to an activating group) is 1. The van der Waals surface area contributed by atoms with Gasteiger partial charge in [0.15, 0.2) is 0 Å². The van der Waals surface area contributed by atoms with Crippen LogP contribution in [0.2, 0.25) is 0 Å². The molecule has 1 unspecified atom stereocenters. The molecule has 1 aliphatic rings. The van der Waals surface area contributed by atoms with Gasteiger partial charge in [0.05, 0.1) is 0 Å². The molecular formula is C15H15FN2O3. The first-order valence-electron chi connectivity index (χ1n) is 6.46. The highest BCUT2D eigenvalue weighted by Gasteiger charge is 2.33. The summed E-state index contributed by atoms with van der Waals surface area (Å²) >= 11 is 0. The van der Waals surface area contributed by atoms with E-state index >= 15 is 0 Å². The van der Waals surface area contributed by atoms with Gasteiger partial charge in [-0.25, -0.2) is 4.39 Å². The van der Waals surface area contributed by atoms with Crippen molar-refractivity contribution in [3.8, 4) is 0 Å². The number of nitrogens with zero attached hydrogens (tertiary/aromatic N) is 1. The van der Waals surface area contributed by atoms with Crippen LogP contribution < -0.4 is 5.32 Å². The van der Waals surface area contributed by atoms with E-state index in [4.69, 9.17) is 0 Å². The molecule has 0 bridgehead atoms. The Kier molecular flexibility index (Phi) is 4.49. The zero-order valence-corrected chi connectivity index (χ0v) is 11.4. The molecule has 1 fully saturated rings. The van der Waals surface area contributed by atoms with Crippen LogP contribution in [0.1, 0.15) is 12.5 Å². The Morgan fingerprint density at radius 1 is 1.43 bits per heavy atom. The van der Waals surface area contributed by atoms with E-state index in [1.807, 2.05) is 0 Å². The summed E-state index contributed by atoms with van der Waals surface area (Å²) in [5.41, 5.74) is 0.540. The van der Waals surface area contributed by atoms with Gasteiger partial charge >= 0.3 is 0 Å². The Balaban J connectivity index is 2.19. The number of amides is 2. The van der Waals surface area contributed by atoms with Crippen LogP contribution in [0.3, 0.4) is 0 Å². The lowest BCUT2D eigenvalue weighted by Crippen LogP contribution is -2.57. The summed E-state index contributed by atoms with van der Waals surface area (Å²) in [6.07, 6.45) is 3.11. The number of rotatable bonds is 3. The van der Waals surface area contributed by atoms with E-state index in [9.17, 15) is 19.1 Å². The number of carbonyl (C=O) groups is 2. The minimum absolute atomic E-state index is 0.0743. The molecule has 6 heteroatoms. The average Bonchev–Trinajstić information content (AvgIpc) is 2.43. The molecule has 5 nitrogen and oxygen atoms in total. The molecule has 0 saturated carbocycles. The van der Waals surface area contributed by atoms with Crippen molar-refractivity contribution in [1.82, 2.24) is 10.2 Å². The van der Waals surface area contributed by atoms with Gasteiger partial charge in [-0.15, -0.1) is 0 Å². The third kappa shape index (κ3) is 3.35. The summed E-state index contributed by atoms with van der Waals surface area (Å²) in [7, 11) is 0. The largest absolute Gasteiger partial charge is 0.356 e. The second-order valence-corrected chi connectivity index (χ2v) is 4.43. The first-order chi connectivity index (χ1) is 10.0. The fourth-order valence-electron chi connectivity index (χ4n) is 1.97. The predicted molar refractivity (Wildman–Crippen MR) is 75.1 cm³/mol. The first kappa shape index (κ1) is 14.9. The highest BCUT2D eigenvalue weighted by molar-refractivity contribution is 6.20. The molecule has 110 valence electrons. The van der Waals surface area contributed by atoms with Crippen molar-refractivity contribution in [1.29, 1.82) is 0 Å². The van der Waals surface area contributed by atoms with Crippen LogP contribution in [-0.4, -0.2) is 34.7 Å². The summed E-state index contributed by atoms with van der Waals surface area (Å²) in [6.45, 7) is 1.96. The second kappa shape index (κ2) is 6.32. The van der Waals surface area contributed by atoms with Crippen molar-refractivity contribution < 1.29 is 19.1 Å². The molecule has 1 saturated heterocycles.